The van der Waals surface area contributed by atoms with Crippen molar-refractivity contribution < 1.29 is 0 Å². The van der Waals surface area contributed by atoms with Crippen molar-refractivity contribution in [3.63, 3.8) is 0 Å². The number of allylic oxidation sites excluding steroid dienone is 2. The number of hydrogen-bond donors (Lipinski definition) is 2. The predicted octanol–water partition coefficient (Wildman–Crippen LogP) is 3.02. The maximum absolute atomic E-state index is 5.99. The molecule has 0 fully saturated rings. The molecular weight excluding hydrogens is 256 g/mol. The van der Waals surface area contributed by atoms with Crippen LogP contribution in [0.4, 0.5) is 0 Å². The van der Waals surface area contributed by atoms with Crippen molar-refractivity contribution in [2.45, 2.75) is 18.0 Å². The maximum atomic E-state index is 5.99. The number of hydrogen-bond acceptors (Lipinski definition) is 2. The van der Waals surface area contributed by atoms with E-state index in [1.54, 1.807) is 0 Å². The molecule has 2 aromatic rings. The summed E-state index contributed by atoms with van der Waals surface area (Å²) >= 11 is 0. The van der Waals surface area contributed by atoms with Crippen LogP contribution in [0.15, 0.2) is 78.9 Å². The molecule has 21 heavy (non-hydrogen) atoms. The van der Waals surface area contributed by atoms with E-state index in [1.807, 2.05) is 18.2 Å². The summed E-state index contributed by atoms with van der Waals surface area (Å²) in [5, 5.41) is 0. The number of nitrogens with two attached hydrogens (primary N) is 2. The largest absolute Gasteiger partial charge is 0.307 e. The van der Waals surface area contributed by atoms with Crippen LogP contribution in [0.3, 0.4) is 0 Å². The van der Waals surface area contributed by atoms with Gasteiger partial charge in [0.05, 0.1) is 5.41 Å². The number of benzene rings is 2. The first-order valence-electron chi connectivity index (χ1n) is 7.13. The highest BCUT2D eigenvalue weighted by molar-refractivity contribution is 5.53. The van der Waals surface area contributed by atoms with Gasteiger partial charge in [0.25, 0.3) is 0 Å². The minimum atomic E-state index is -0.873. The van der Waals surface area contributed by atoms with Gasteiger partial charge in [-0.1, -0.05) is 72.3 Å². The van der Waals surface area contributed by atoms with Crippen LogP contribution < -0.4 is 11.5 Å². The van der Waals surface area contributed by atoms with Gasteiger partial charge in [-0.05, 0) is 30.2 Å². The van der Waals surface area contributed by atoms with Gasteiger partial charge in [-0.25, -0.2) is 0 Å². The van der Waals surface area contributed by atoms with Gasteiger partial charge >= 0.3 is 0 Å². The summed E-state index contributed by atoms with van der Waals surface area (Å²) in [5.74, 6) is 0. The fourth-order valence-electron chi connectivity index (χ4n) is 2.83. The third-order valence-electron chi connectivity index (χ3n) is 4.02. The molecule has 0 saturated heterocycles. The first kappa shape index (κ1) is 13.8. The second kappa shape index (κ2) is 4.99. The average Bonchev–Trinajstić information content (AvgIpc) is 2.49. The SMILES string of the molecule is Cc1cccc(C2(c3ccccc3)C=CC(N)(N)C=C2)c1. The Morgan fingerprint density at radius 1 is 0.714 bits per heavy atom. The highest BCUT2D eigenvalue weighted by atomic mass is 14.9. The quantitative estimate of drug-likeness (QED) is 0.654. The minimum Gasteiger partial charge on any atom is -0.307 e. The molecule has 0 unspecified atom stereocenters. The fourth-order valence-corrected chi connectivity index (χ4v) is 2.83. The van der Waals surface area contributed by atoms with E-state index in [1.165, 1.54) is 16.7 Å². The second-order valence-electron chi connectivity index (χ2n) is 5.77. The highest BCUT2D eigenvalue weighted by Crippen LogP contribution is 2.38. The second-order valence-corrected chi connectivity index (χ2v) is 5.77. The molecule has 0 aromatic heterocycles. The Labute approximate surface area is 125 Å². The maximum Gasteiger partial charge on any atom is 0.102 e. The van der Waals surface area contributed by atoms with Gasteiger partial charge in [0.15, 0.2) is 0 Å². The molecule has 3 rings (SSSR count). The van der Waals surface area contributed by atoms with Gasteiger partial charge < -0.3 is 11.5 Å². The Balaban J connectivity index is 2.20. The van der Waals surface area contributed by atoms with Gasteiger partial charge in [0.2, 0.25) is 0 Å². The van der Waals surface area contributed by atoms with E-state index < -0.39 is 5.66 Å². The van der Waals surface area contributed by atoms with Crippen molar-refractivity contribution in [2.75, 3.05) is 0 Å². The summed E-state index contributed by atoms with van der Waals surface area (Å²) in [6, 6.07) is 19.0. The Morgan fingerprint density at radius 3 is 1.95 bits per heavy atom. The standard InChI is InChI=1S/C19H20N2/c1-15-6-5-9-17(14-15)18(16-7-3-2-4-8-16)10-12-19(20,21)13-11-18/h2-14H,20-21H2,1H3. The Bertz CT molecular complexity index is 681. The molecule has 0 spiro atoms. The van der Waals surface area contributed by atoms with Crippen molar-refractivity contribution in [3.8, 4) is 0 Å². The van der Waals surface area contributed by atoms with E-state index in [-0.39, 0.29) is 5.41 Å². The average molecular weight is 276 g/mol. The lowest BCUT2D eigenvalue weighted by molar-refractivity contribution is 0.647. The van der Waals surface area contributed by atoms with E-state index in [0.717, 1.165) is 0 Å². The van der Waals surface area contributed by atoms with Crippen LogP contribution >= 0.6 is 0 Å². The zero-order valence-corrected chi connectivity index (χ0v) is 12.2. The molecule has 2 heteroatoms. The van der Waals surface area contributed by atoms with Gasteiger partial charge in [-0.3, -0.25) is 0 Å². The molecular formula is C19H20N2. The van der Waals surface area contributed by atoms with Crippen molar-refractivity contribution in [2.24, 2.45) is 11.5 Å². The third kappa shape index (κ3) is 2.56. The van der Waals surface area contributed by atoms with Crippen molar-refractivity contribution >= 4 is 0 Å². The molecule has 0 atom stereocenters. The predicted molar refractivity (Wildman–Crippen MR) is 87.8 cm³/mol. The Morgan fingerprint density at radius 2 is 1.33 bits per heavy atom. The van der Waals surface area contributed by atoms with Crippen LogP contribution in [-0.4, -0.2) is 5.66 Å². The molecule has 1 aliphatic carbocycles. The molecule has 1 aliphatic rings. The molecule has 0 aliphatic heterocycles. The van der Waals surface area contributed by atoms with Crippen molar-refractivity contribution in [3.05, 3.63) is 95.6 Å². The van der Waals surface area contributed by atoms with Crippen LogP contribution in [0.5, 0.6) is 0 Å². The smallest absolute Gasteiger partial charge is 0.102 e. The van der Waals surface area contributed by atoms with Gasteiger partial charge in [-0.15, -0.1) is 0 Å². The summed E-state index contributed by atoms with van der Waals surface area (Å²) in [6.07, 6.45) is 7.97. The zero-order valence-electron chi connectivity index (χ0n) is 12.2. The molecule has 0 saturated carbocycles. The van der Waals surface area contributed by atoms with Gasteiger partial charge in [0.1, 0.15) is 5.66 Å². The summed E-state index contributed by atoms with van der Waals surface area (Å²) < 4.78 is 0. The van der Waals surface area contributed by atoms with Crippen LogP contribution in [0.1, 0.15) is 16.7 Å². The fraction of sp³-hybridized carbons (Fsp3) is 0.158. The number of aryl methyl sites for hydroxylation is 1. The van der Waals surface area contributed by atoms with E-state index >= 15 is 0 Å². The Hall–Kier alpha value is -2.16. The van der Waals surface area contributed by atoms with Crippen LogP contribution in [0.25, 0.3) is 0 Å². The molecule has 106 valence electrons. The van der Waals surface area contributed by atoms with E-state index in [2.05, 4.69) is 67.6 Å². The lowest BCUT2D eigenvalue weighted by Crippen LogP contribution is -2.48. The topological polar surface area (TPSA) is 52.0 Å². The van der Waals surface area contributed by atoms with Gasteiger partial charge in [-0.2, -0.15) is 0 Å². The molecule has 0 bridgehead atoms. The van der Waals surface area contributed by atoms with Gasteiger partial charge in [0, 0.05) is 0 Å². The Kier molecular flexibility index (Phi) is 3.28. The van der Waals surface area contributed by atoms with E-state index in [4.69, 9.17) is 11.5 Å². The molecule has 0 amide bonds. The van der Waals surface area contributed by atoms with Crippen LogP contribution in [0, 0.1) is 6.92 Å². The number of rotatable bonds is 2. The normalized spacial score (nSPS) is 18.6. The minimum absolute atomic E-state index is 0.310. The lowest BCUT2D eigenvalue weighted by Gasteiger charge is -2.34. The molecule has 2 nitrogen and oxygen atoms in total. The first-order valence-corrected chi connectivity index (χ1v) is 7.13. The summed E-state index contributed by atoms with van der Waals surface area (Å²) in [4.78, 5) is 0. The third-order valence-corrected chi connectivity index (χ3v) is 4.02. The summed E-state index contributed by atoms with van der Waals surface area (Å²) in [5.41, 5.74) is 14.5. The van der Waals surface area contributed by atoms with Crippen LogP contribution in [-0.2, 0) is 5.41 Å². The molecule has 4 N–H and O–H groups in total. The van der Waals surface area contributed by atoms with Crippen LogP contribution in [0.2, 0.25) is 0 Å². The molecule has 0 radical (unpaired) electrons. The monoisotopic (exact) mass is 276 g/mol. The molecule has 0 heterocycles. The first-order chi connectivity index (χ1) is 10.0. The summed E-state index contributed by atoms with van der Waals surface area (Å²) in [6.45, 7) is 2.11. The van der Waals surface area contributed by atoms with E-state index in [9.17, 15) is 0 Å². The van der Waals surface area contributed by atoms with E-state index in [0.29, 0.717) is 0 Å². The van der Waals surface area contributed by atoms with Crippen molar-refractivity contribution in [1.29, 1.82) is 0 Å². The van der Waals surface area contributed by atoms with Crippen molar-refractivity contribution in [1.82, 2.24) is 0 Å². The highest BCUT2D eigenvalue weighted by Gasteiger charge is 2.33. The lowest BCUT2D eigenvalue weighted by atomic mass is 9.71. The zero-order chi connectivity index (χ0) is 14.9. The molecule has 2 aromatic carbocycles. The summed E-state index contributed by atoms with van der Waals surface area (Å²) in [7, 11) is 0.